The van der Waals surface area contributed by atoms with Gasteiger partial charge in [0.25, 0.3) is 0 Å². The average Bonchev–Trinajstić information content (AvgIpc) is 2.59. The molecule has 3 aromatic carbocycles. The molecular weight excluding hydrogens is 292 g/mol. The third-order valence-electron chi connectivity index (χ3n) is 4.39. The summed E-state index contributed by atoms with van der Waals surface area (Å²) in [5.74, 6) is 0. The van der Waals surface area contributed by atoms with Crippen molar-refractivity contribution >= 4 is 21.5 Å². The van der Waals surface area contributed by atoms with Gasteiger partial charge in [-0.3, -0.25) is 4.98 Å². The summed E-state index contributed by atoms with van der Waals surface area (Å²) >= 11 is 0. The smallest absolute Gasteiger partial charge is 0.0991 e. The van der Waals surface area contributed by atoms with Gasteiger partial charge in [0.2, 0.25) is 0 Å². The van der Waals surface area contributed by atoms with Crippen LogP contribution in [-0.2, 0) is 0 Å². The molecule has 0 radical (unpaired) electrons. The van der Waals surface area contributed by atoms with Crippen LogP contribution in [0.2, 0.25) is 0 Å². The minimum absolute atomic E-state index is 0.686. The predicted octanol–water partition coefficient (Wildman–Crippen LogP) is 5.54. The van der Waals surface area contributed by atoms with Gasteiger partial charge in [-0.15, -0.1) is 0 Å². The molecule has 24 heavy (non-hydrogen) atoms. The highest BCUT2D eigenvalue weighted by Crippen LogP contribution is 2.32. The molecule has 0 atom stereocenters. The van der Waals surface area contributed by atoms with Crippen LogP contribution in [0.3, 0.4) is 0 Å². The Hall–Kier alpha value is -3.18. The van der Waals surface area contributed by atoms with Crippen molar-refractivity contribution in [2.24, 2.45) is 0 Å². The van der Waals surface area contributed by atoms with Crippen LogP contribution < -0.4 is 0 Å². The van der Waals surface area contributed by atoms with E-state index < -0.39 is 0 Å². The van der Waals surface area contributed by atoms with E-state index in [1.54, 1.807) is 0 Å². The van der Waals surface area contributed by atoms with Gasteiger partial charge in [0, 0.05) is 17.1 Å². The highest BCUT2D eigenvalue weighted by Gasteiger charge is 2.09. The topological polar surface area (TPSA) is 36.7 Å². The third kappa shape index (κ3) is 2.31. The fourth-order valence-electron chi connectivity index (χ4n) is 3.41. The zero-order valence-corrected chi connectivity index (χ0v) is 13.7. The molecule has 0 saturated carbocycles. The normalized spacial score (nSPS) is 10.9. The molecule has 2 nitrogen and oxygen atoms in total. The molecule has 0 bridgehead atoms. The van der Waals surface area contributed by atoms with Gasteiger partial charge in [0.15, 0.2) is 0 Å². The van der Waals surface area contributed by atoms with E-state index in [0.717, 1.165) is 27.4 Å². The van der Waals surface area contributed by atoms with Crippen LogP contribution in [0.4, 0.5) is 0 Å². The monoisotopic (exact) mass is 308 g/mol. The summed E-state index contributed by atoms with van der Waals surface area (Å²) in [5.41, 5.74) is 5.31. The van der Waals surface area contributed by atoms with Gasteiger partial charge in [0.05, 0.1) is 17.3 Å². The molecule has 0 saturated heterocycles. The van der Waals surface area contributed by atoms with Crippen LogP contribution in [0.1, 0.15) is 16.7 Å². The van der Waals surface area contributed by atoms with E-state index in [0.29, 0.717) is 5.56 Å². The third-order valence-corrected chi connectivity index (χ3v) is 4.39. The van der Waals surface area contributed by atoms with Crippen molar-refractivity contribution < 1.29 is 0 Å². The Morgan fingerprint density at radius 1 is 0.792 bits per heavy atom. The van der Waals surface area contributed by atoms with E-state index in [2.05, 4.69) is 61.3 Å². The lowest BCUT2D eigenvalue weighted by molar-refractivity contribution is 1.33. The van der Waals surface area contributed by atoms with Crippen molar-refractivity contribution in [3.8, 4) is 17.3 Å². The lowest BCUT2D eigenvalue weighted by atomic mass is 9.96. The van der Waals surface area contributed by atoms with Crippen molar-refractivity contribution in [2.45, 2.75) is 13.8 Å². The van der Waals surface area contributed by atoms with Crippen molar-refractivity contribution in [3.63, 3.8) is 0 Å². The number of benzene rings is 3. The zero-order chi connectivity index (χ0) is 16.7. The molecule has 0 N–H and O–H groups in total. The Balaban J connectivity index is 2.05. The van der Waals surface area contributed by atoms with Gasteiger partial charge in [-0.05, 0) is 60.3 Å². The molecule has 0 aliphatic carbocycles. The maximum absolute atomic E-state index is 9.10. The first-order chi connectivity index (χ1) is 11.7. The Morgan fingerprint density at radius 3 is 2.29 bits per heavy atom. The molecule has 0 fully saturated rings. The highest BCUT2D eigenvalue weighted by atomic mass is 14.7. The van der Waals surface area contributed by atoms with Crippen LogP contribution in [0, 0.1) is 25.2 Å². The van der Waals surface area contributed by atoms with Gasteiger partial charge in [0.1, 0.15) is 0 Å². The fraction of sp³-hybridized carbons (Fsp3) is 0.0909. The second-order valence-electron chi connectivity index (χ2n) is 6.24. The number of pyridine rings is 1. The maximum atomic E-state index is 9.10. The summed E-state index contributed by atoms with van der Waals surface area (Å²) in [6.45, 7) is 4.22. The van der Waals surface area contributed by atoms with Gasteiger partial charge in [-0.2, -0.15) is 5.26 Å². The molecule has 0 unspecified atom stereocenters. The van der Waals surface area contributed by atoms with Crippen LogP contribution in [0.5, 0.6) is 0 Å². The minimum Gasteiger partial charge on any atom is -0.256 e. The largest absolute Gasteiger partial charge is 0.256 e. The molecule has 0 aliphatic rings. The molecule has 1 heterocycles. The van der Waals surface area contributed by atoms with Gasteiger partial charge in [-0.25, -0.2) is 0 Å². The number of aromatic nitrogens is 1. The van der Waals surface area contributed by atoms with E-state index in [1.165, 1.54) is 16.5 Å². The molecule has 4 rings (SSSR count). The molecular formula is C22H16N2. The second-order valence-corrected chi connectivity index (χ2v) is 6.24. The predicted molar refractivity (Wildman–Crippen MR) is 98.9 cm³/mol. The second kappa shape index (κ2) is 5.47. The summed E-state index contributed by atoms with van der Waals surface area (Å²) in [7, 11) is 0. The van der Waals surface area contributed by atoms with E-state index >= 15 is 0 Å². The first-order valence-corrected chi connectivity index (χ1v) is 7.96. The molecule has 1 aromatic heterocycles. The van der Waals surface area contributed by atoms with Crippen LogP contribution in [0.15, 0.2) is 60.8 Å². The molecule has 2 heteroatoms. The van der Waals surface area contributed by atoms with Gasteiger partial charge in [-0.1, -0.05) is 35.4 Å². The van der Waals surface area contributed by atoms with Crippen LogP contribution in [0.25, 0.3) is 32.8 Å². The number of hydrogen-bond acceptors (Lipinski definition) is 2. The molecule has 114 valence electrons. The van der Waals surface area contributed by atoms with Crippen molar-refractivity contribution in [3.05, 3.63) is 77.5 Å². The number of nitrogens with zero attached hydrogens (tertiary/aromatic N) is 2. The summed E-state index contributed by atoms with van der Waals surface area (Å²) < 4.78 is 0. The minimum atomic E-state index is 0.686. The lowest BCUT2D eigenvalue weighted by Crippen LogP contribution is -1.89. The van der Waals surface area contributed by atoms with Crippen molar-refractivity contribution in [1.29, 1.82) is 5.26 Å². The molecule has 0 aliphatic heterocycles. The summed E-state index contributed by atoms with van der Waals surface area (Å²) in [6, 6.07) is 20.8. The van der Waals surface area contributed by atoms with E-state index in [9.17, 15) is 0 Å². The summed E-state index contributed by atoms with van der Waals surface area (Å²) in [5, 5.41) is 13.6. The van der Waals surface area contributed by atoms with Gasteiger partial charge < -0.3 is 0 Å². The number of rotatable bonds is 1. The summed E-state index contributed by atoms with van der Waals surface area (Å²) in [4.78, 5) is 4.65. The van der Waals surface area contributed by atoms with Crippen molar-refractivity contribution in [1.82, 2.24) is 4.98 Å². The Bertz CT molecular complexity index is 1110. The zero-order valence-electron chi connectivity index (χ0n) is 13.7. The van der Waals surface area contributed by atoms with E-state index in [1.807, 2.05) is 24.4 Å². The fourth-order valence-corrected chi connectivity index (χ4v) is 3.41. The standard InChI is InChI=1S/C22H16N2/c1-14-9-15(2)11-18(10-14)22-21-6-4-17-12-16(13-23)3-5-19(17)20(21)7-8-24-22/h3-12H,1-2H3. The van der Waals surface area contributed by atoms with E-state index in [4.69, 9.17) is 5.26 Å². The van der Waals surface area contributed by atoms with Crippen LogP contribution >= 0.6 is 0 Å². The van der Waals surface area contributed by atoms with Crippen LogP contribution in [-0.4, -0.2) is 4.98 Å². The number of fused-ring (bicyclic) bond motifs is 3. The number of aryl methyl sites for hydroxylation is 2. The Labute approximate surface area is 141 Å². The van der Waals surface area contributed by atoms with Gasteiger partial charge >= 0.3 is 0 Å². The average molecular weight is 308 g/mol. The molecule has 4 aromatic rings. The highest BCUT2D eigenvalue weighted by molar-refractivity contribution is 6.11. The molecule has 0 amide bonds. The van der Waals surface area contributed by atoms with E-state index in [-0.39, 0.29) is 0 Å². The summed E-state index contributed by atoms with van der Waals surface area (Å²) in [6.07, 6.45) is 1.87. The first kappa shape index (κ1) is 14.4. The molecule has 0 spiro atoms. The maximum Gasteiger partial charge on any atom is 0.0991 e. The first-order valence-electron chi connectivity index (χ1n) is 7.96. The Morgan fingerprint density at radius 2 is 1.54 bits per heavy atom. The Kier molecular flexibility index (Phi) is 3.29. The number of hydrogen-bond donors (Lipinski definition) is 0. The lowest BCUT2D eigenvalue weighted by Gasteiger charge is -2.10. The SMILES string of the molecule is Cc1cc(C)cc(-c2nccc3c2ccc2cc(C#N)ccc23)c1. The quantitative estimate of drug-likeness (QED) is 0.433. The number of nitriles is 1. The van der Waals surface area contributed by atoms with Crippen molar-refractivity contribution in [2.75, 3.05) is 0 Å².